The van der Waals surface area contributed by atoms with E-state index in [4.69, 9.17) is 9.84 Å². The first-order valence-electron chi connectivity index (χ1n) is 7.73. The van der Waals surface area contributed by atoms with Crippen LogP contribution >= 0.6 is 0 Å². The zero-order valence-electron chi connectivity index (χ0n) is 13.1. The van der Waals surface area contributed by atoms with Gasteiger partial charge in [0, 0.05) is 19.4 Å². The molecule has 0 aliphatic rings. The van der Waals surface area contributed by atoms with Crippen LogP contribution in [0.2, 0.25) is 0 Å². The molecule has 1 aromatic rings. The van der Waals surface area contributed by atoms with Crippen molar-refractivity contribution in [1.29, 1.82) is 0 Å². The van der Waals surface area contributed by atoms with Crippen LogP contribution in [-0.2, 0) is 16.2 Å². The highest BCUT2D eigenvalue weighted by molar-refractivity contribution is 5.79. The number of carbonyl (C=O) groups is 3. The number of unbranched alkanes of at least 4 members (excludes halogenated alkanes) is 2. The molecule has 1 amide bonds. The van der Waals surface area contributed by atoms with Gasteiger partial charge in [-0.1, -0.05) is 6.07 Å². The monoisotopic (exact) mass is 321 g/mol. The maximum absolute atomic E-state index is 11.5. The molecule has 0 aromatic heterocycles. The molecule has 0 aliphatic carbocycles. The average molecular weight is 321 g/mol. The van der Waals surface area contributed by atoms with Crippen molar-refractivity contribution in [1.82, 2.24) is 5.32 Å². The Morgan fingerprint density at radius 2 is 2.04 bits per heavy atom. The Kier molecular flexibility index (Phi) is 9.31. The van der Waals surface area contributed by atoms with Crippen molar-refractivity contribution in [2.75, 3.05) is 13.2 Å². The molecule has 0 saturated heterocycles. The second-order valence-electron chi connectivity index (χ2n) is 5.11. The Morgan fingerprint density at radius 3 is 2.74 bits per heavy atom. The molecule has 0 atom stereocenters. The van der Waals surface area contributed by atoms with Crippen LogP contribution in [0.1, 0.15) is 48.0 Å². The van der Waals surface area contributed by atoms with Crippen LogP contribution in [0.3, 0.4) is 0 Å². The van der Waals surface area contributed by atoms with E-state index >= 15 is 0 Å². The maximum Gasteiger partial charge on any atom is 0.219 e. The number of nitrogens with one attached hydrogen (secondary N) is 1. The minimum atomic E-state index is -0.115. The first-order valence-corrected chi connectivity index (χ1v) is 7.73. The van der Waals surface area contributed by atoms with Crippen molar-refractivity contribution >= 4 is 18.5 Å². The number of ether oxygens (including phenoxy) is 1. The molecule has 0 heterocycles. The van der Waals surface area contributed by atoms with Crippen LogP contribution in [0, 0.1) is 0 Å². The van der Waals surface area contributed by atoms with Gasteiger partial charge in [0.25, 0.3) is 0 Å². The first kappa shape index (κ1) is 18.8. The molecule has 1 rings (SSSR count). The molecule has 23 heavy (non-hydrogen) atoms. The fraction of sp³-hybridized carbons (Fsp3) is 0.471. The Bertz CT molecular complexity index is 516. The number of aldehydes is 2. The molecule has 126 valence electrons. The fourth-order valence-corrected chi connectivity index (χ4v) is 1.98. The number of benzene rings is 1. The lowest BCUT2D eigenvalue weighted by atomic mass is 10.1. The van der Waals surface area contributed by atoms with Crippen molar-refractivity contribution in [3.63, 3.8) is 0 Å². The van der Waals surface area contributed by atoms with E-state index in [0.717, 1.165) is 12.7 Å². The van der Waals surface area contributed by atoms with E-state index in [1.54, 1.807) is 18.2 Å². The average Bonchev–Trinajstić information content (AvgIpc) is 2.58. The van der Waals surface area contributed by atoms with Crippen LogP contribution in [0.15, 0.2) is 18.2 Å². The first-order chi connectivity index (χ1) is 11.2. The van der Waals surface area contributed by atoms with Gasteiger partial charge in [0.05, 0.1) is 18.8 Å². The summed E-state index contributed by atoms with van der Waals surface area (Å²) in [7, 11) is 0. The van der Waals surface area contributed by atoms with Gasteiger partial charge in [-0.2, -0.15) is 0 Å². The van der Waals surface area contributed by atoms with Crippen LogP contribution < -0.4 is 10.1 Å². The maximum atomic E-state index is 11.5. The number of amides is 1. The number of rotatable bonds is 12. The van der Waals surface area contributed by atoms with Gasteiger partial charge in [-0.25, -0.2) is 0 Å². The van der Waals surface area contributed by atoms with Crippen molar-refractivity contribution in [3.05, 3.63) is 29.3 Å². The second kappa shape index (κ2) is 11.4. The van der Waals surface area contributed by atoms with Crippen LogP contribution in [0.5, 0.6) is 5.75 Å². The topological polar surface area (TPSA) is 92.7 Å². The van der Waals surface area contributed by atoms with Crippen LogP contribution in [-0.4, -0.2) is 36.7 Å². The molecule has 0 unspecified atom stereocenters. The molecule has 0 bridgehead atoms. The molecule has 6 nitrogen and oxygen atoms in total. The quantitative estimate of drug-likeness (QED) is 0.451. The van der Waals surface area contributed by atoms with Crippen molar-refractivity contribution in [2.24, 2.45) is 0 Å². The van der Waals surface area contributed by atoms with E-state index < -0.39 is 0 Å². The largest absolute Gasteiger partial charge is 0.493 e. The van der Waals surface area contributed by atoms with Gasteiger partial charge in [0.2, 0.25) is 5.91 Å². The van der Waals surface area contributed by atoms with E-state index in [1.807, 2.05) is 0 Å². The summed E-state index contributed by atoms with van der Waals surface area (Å²) in [4.78, 5) is 32.6. The molecule has 2 N–H and O–H groups in total. The van der Waals surface area contributed by atoms with E-state index in [1.165, 1.54) is 0 Å². The number of hydrogen-bond donors (Lipinski definition) is 2. The third-order valence-electron chi connectivity index (χ3n) is 3.26. The van der Waals surface area contributed by atoms with E-state index in [2.05, 4.69) is 5.32 Å². The third-order valence-corrected chi connectivity index (χ3v) is 3.26. The fourth-order valence-electron chi connectivity index (χ4n) is 1.98. The lowest BCUT2D eigenvalue weighted by Crippen LogP contribution is -2.25. The SMILES string of the molecule is O=CCCCCC(=O)NCCCOc1cc(CO)ccc1C=O. The summed E-state index contributed by atoms with van der Waals surface area (Å²) >= 11 is 0. The van der Waals surface area contributed by atoms with Crippen LogP contribution in [0.4, 0.5) is 0 Å². The third kappa shape index (κ3) is 7.56. The predicted molar refractivity (Wildman–Crippen MR) is 85.4 cm³/mol. The minimum Gasteiger partial charge on any atom is -0.493 e. The molecule has 6 heteroatoms. The summed E-state index contributed by atoms with van der Waals surface area (Å²) in [5.41, 5.74) is 1.11. The molecule has 0 spiro atoms. The van der Waals surface area contributed by atoms with Gasteiger partial charge in [0.1, 0.15) is 12.0 Å². The van der Waals surface area contributed by atoms with Gasteiger partial charge >= 0.3 is 0 Å². The highest BCUT2D eigenvalue weighted by atomic mass is 16.5. The Balaban J connectivity index is 2.23. The van der Waals surface area contributed by atoms with Crippen molar-refractivity contribution < 1.29 is 24.2 Å². The zero-order valence-corrected chi connectivity index (χ0v) is 13.1. The normalized spacial score (nSPS) is 10.1. The summed E-state index contributed by atoms with van der Waals surface area (Å²) in [5, 5.41) is 11.9. The van der Waals surface area contributed by atoms with E-state index in [-0.39, 0.29) is 12.5 Å². The highest BCUT2D eigenvalue weighted by Gasteiger charge is 2.05. The van der Waals surface area contributed by atoms with Gasteiger partial charge in [-0.3, -0.25) is 9.59 Å². The molecular formula is C17H23NO5. The summed E-state index contributed by atoms with van der Waals surface area (Å²) in [5.74, 6) is 0.401. The lowest BCUT2D eigenvalue weighted by Gasteiger charge is -2.10. The molecule has 0 radical (unpaired) electrons. The summed E-state index contributed by atoms with van der Waals surface area (Å²) in [6, 6.07) is 4.91. The standard InChI is InChI=1S/C17H23NO5/c19-9-3-1-2-5-17(22)18-8-4-10-23-16-11-14(12-20)6-7-15(16)13-21/h6-7,9,11,13,20H,1-5,8,10,12H2,(H,18,22). The van der Waals surface area contributed by atoms with Crippen molar-refractivity contribution in [3.8, 4) is 5.75 Å². The molecule has 0 saturated carbocycles. The highest BCUT2D eigenvalue weighted by Crippen LogP contribution is 2.19. The summed E-state index contributed by atoms with van der Waals surface area (Å²) in [6.45, 7) is 0.736. The lowest BCUT2D eigenvalue weighted by molar-refractivity contribution is -0.121. The number of carbonyl (C=O) groups excluding carboxylic acids is 3. The predicted octanol–water partition coefficient (Wildman–Crippen LogP) is 1.64. The number of aliphatic hydroxyl groups is 1. The van der Waals surface area contributed by atoms with Gasteiger partial charge in [0.15, 0.2) is 6.29 Å². The van der Waals surface area contributed by atoms with Crippen molar-refractivity contribution in [2.45, 2.75) is 38.7 Å². The zero-order chi connectivity index (χ0) is 16.9. The molecule has 0 aliphatic heterocycles. The summed E-state index contributed by atoms with van der Waals surface area (Å²) < 4.78 is 5.53. The Hall–Kier alpha value is -2.21. The Labute approximate surface area is 135 Å². The molecule has 0 fully saturated rings. The Morgan fingerprint density at radius 1 is 1.22 bits per heavy atom. The van der Waals surface area contributed by atoms with Gasteiger partial charge < -0.3 is 20.0 Å². The van der Waals surface area contributed by atoms with E-state index in [9.17, 15) is 14.4 Å². The minimum absolute atomic E-state index is 0.0354. The van der Waals surface area contributed by atoms with Crippen LogP contribution in [0.25, 0.3) is 0 Å². The van der Waals surface area contributed by atoms with Gasteiger partial charge in [-0.05, 0) is 37.0 Å². The molecule has 1 aromatic carbocycles. The summed E-state index contributed by atoms with van der Waals surface area (Å²) in [6.07, 6.45) is 4.52. The smallest absolute Gasteiger partial charge is 0.219 e. The molecular weight excluding hydrogens is 298 g/mol. The van der Waals surface area contributed by atoms with Gasteiger partial charge in [-0.15, -0.1) is 0 Å². The number of aliphatic hydroxyl groups excluding tert-OH is 1. The van der Waals surface area contributed by atoms with E-state index in [0.29, 0.717) is 62.0 Å². The number of hydrogen-bond acceptors (Lipinski definition) is 5. The second-order valence-corrected chi connectivity index (χ2v) is 5.11.